The average Bonchev–Trinajstić information content (AvgIpc) is 2.78. The van der Waals surface area contributed by atoms with Crippen molar-refractivity contribution < 1.29 is 4.39 Å². The lowest BCUT2D eigenvalue weighted by molar-refractivity contribution is 0.628. The maximum absolute atomic E-state index is 13.0. The number of hydrogen-bond donors (Lipinski definition) is 1. The second-order valence-electron chi connectivity index (χ2n) is 4.38. The van der Waals surface area contributed by atoms with E-state index in [0.717, 1.165) is 22.6 Å². The molecule has 0 fully saturated rings. The van der Waals surface area contributed by atoms with Crippen LogP contribution in [0.1, 0.15) is 5.69 Å². The first-order chi connectivity index (χ1) is 9.29. The van der Waals surface area contributed by atoms with Gasteiger partial charge in [0.25, 0.3) is 0 Å². The fraction of sp³-hybridized carbons (Fsp3) is 0.133. The topological polar surface area (TPSA) is 43.3 Å². The highest BCUT2D eigenvalue weighted by Crippen LogP contribution is 2.25. The minimum Gasteiger partial charge on any atom is -0.330 e. The molecule has 0 aliphatic heterocycles. The molecule has 0 unspecified atom stereocenters. The monoisotopic (exact) mass is 255 g/mol. The molecule has 0 atom stereocenters. The molecule has 96 valence electrons. The van der Waals surface area contributed by atoms with E-state index in [0.29, 0.717) is 13.0 Å². The number of nitrogens with two attached hydrogens (primary N) is 1. The van der Waals surface area contributed by atoms with Crippen molar-refractivity contribution in [1.82, 2.24) is 9.38 Å². The Hall–Kier alpha value is -2.20. The first-order valence-electron chi connectivity index (χ1n) is 6.21. The Bertz CT molecular complexity index is 701. The van der Waals surface area contributed by atoms with Crippen LogP contribution >= 0.6 is 0 Å². The SMILES string of the molecule is NCCc1nc2ccccn2c1-c1ccc(F)cc1. The summed E-state index contributed by atoms with van der Waals surface area (Å²) in [6.07, 6.45) is 2.66. The van der Waals surface area contributed by atoms with Gasteiger partial charge in [0, 0.05) is 18.2 Å². The number of benzene rings is 1. The van der Waals surface area contributed by atoms with E-state index in [-0.39, 0.29) is 5.82 Å². The minimum atomic E-state index is -0.238. The summed E-state index contributed by atoms with van der Waals surface area (Å²) in [4.78, 5) is 4.59. The molecule has 3 nitrogen and oxygen atoms in total. The Kier molecular flexibility index (Phi) is 3.01. The molecule has 3 rings (SSSR count). The van der Waals surface area contributed by atoms with Gasteiger partial charge in [-0.2, -0.15) is 0 Å². The highest BCUT2D eigenvalue weighted by molar-refractivity contribution is 5.67. The Morgan fingerprint density at radius 3 is 2.63 bits per heavy atom. The standard InChI is InChI=1S/C15H14FN3/c16-12-6-4-11(5-7-12)15-13(8-9-17)18-14-3-1-2-10-19(14)15/h1-7,10H,8-9,17H2. The van der Waals surface area contributed by atoms with Crippen molar-refractivity contribution in [3.05, 3.63) is 60.2 Å². The normalized spacial score (nSPS) is 11.1. The largest absolute Gasteiger partial charge is 0.330 e. The molecule has 0 saturated carbocycles. The lowest BCUT2D eigenvalue weighted by Crippen LogP contribution is -2.04. The smallest absolute Gasteiger partial charge is 0.137 e. The summed E-state index contributed by atoms with van der Waals surface area (Å²) in [5, 5.41) is 0. The average molecular weight is 255 g/mol. The number of halogens is 1. The summed E-state index contributed by atoms with van der Waals surface area (Å²) in [7, 11) is 0. The molecule has 2 heterocycles. The molecule has 0 amide bonds. The Labute approximate surface area is 110 Å². The van der Waals surface area contributed by atoms with Crippen LogP contribution in [0.2, 0.25) is 0 Å². The molecular weight excluding hydrogens is 241 g/mol. The maximum atomic E-state index is 13.0. The van der Waals surface area contributed by atoms with Gasteiger partial charge in [-0.05, 0) is 42.9 Å². The third-order valence-electron chi connectivity index (χ3n) is 3.10. The lowest BCUT2D eigenvalue weighted by Gasteiger charge is -2.04. The van der Waals surface area contributed by atoms with Gasteiger partial charge >= 0.3 is 0 Å². The first-order valence-corrected chi connectivity index (χ1v) is 6.21. The van der Waals surface area contributed by atoms with Gasteiger partial charge in [0.15, 0.2) is 0 Å². The predicted molar refractivity (Wildman–Crippen MR) is 73.3 cm³/mol. The van der Waals surface area contributed by atoms with Gasteiger partial charge in [0.2, 0.25) is 0 Å². The highest BCUT2D eigenvalue weighted by atomic mass is 19.1. The zero-order valence-corrected chi connectivity index (χ0v) is 10.4. The molecule has 0 spiro atoms. The van der Waals surface area contributed by atoms with Crippen molar-refractivity contribution in [2.75, 3.05) is 6.54 Å². The molecule has 0 radical (unpaired) electrons. The number of nitrogens with zero attached hydrogens (tertiary/aromatic N) is 2. The van der Waals surface area contributed by atoms with Gasteiger partial charge in [-0.15, -0.1) is 0 Å². The highest BCUT2D eigenvalue weighted by Gasteiger charge is 2.13. The van der Waals surface area contributed by atoms with Gasteiger partial charge in [0.1, 0.15) is 11.5 Å². The molecule has 2 aromatic heterocycles. The minimum absolute atomic E-state index is 0.238. The Balaban J connectivity index is 2.24. The first kappa shape index (κ1) is 11.9. The predicted octanol–water partition coefficient (Wildman–Crippen LogP) is 2.64. The Morgan fingerprint density at radius 2 is 1.89 bits per heavy atom. The number of hydrogen-bond acceptors (Lipinski definition) is 2. The summed E-state index contributed by atoms with van der Waals surface area (Å²) in [5.41, 5.74) is 9.40. The molecule has 19 heavy (non-hydrogen) atoms. The van der Waals surface area contributed by atoms with Crippen molar-refractivity contribution >= 4 is 5.65 Å². The molecule has 0 bridgehead atoms. The van der Waals surface area contributed by atoms with Crippen LogP contribution in [0, 0.1) is 5.82 Å². The van der Waals surface area contributed by atoms with E-state index < -0.39 is 0 Å². The van der Waals surface area contributed by atoms with E-state index in [4.69, 9.17) is 5.73 Å². The van der Waals surface area contributed by atoms with Gasteiger partial charge in [-0.1, -0.05) is 6.07 Å². The molecule has 0 aliphatic carbocycles. The molecule has 0 saturated heterocycles. The summed E-state index contributed by atoms with van der Waals surface area (Å²) in [6.45, 7) is 0.540. The van der Waals surface area contributed by atoms with Crippen LogP contribution in [-0.2, 0) is 6.42 Å². The van der Waals surface area contributed by atoms with Crippen LogP contribution in [-0.4, -0.2) is 15.9 Å². The fourth-order valence-corrected chi connectivity index (χ4v) is 2.27. The van der Waals surface area contributed by atoms with E-state index in [1.807, 2.05) is 28.8 Å². The summed E-state index contributed by atoms with van der Waals surface area (Å²) in [6, 6.07) is 12.3. The zero-order valence-electron chi connectivity index (χ0n) is 10.4. The summed E-state index contributed by atoms with van der Waals surface area (Å²) < 4.78 is 15.1. The van der Waals surface area contributed by atoms with Crippen molar-refractivity contribution in [3.63, 3.8) is 0 Å². The number of fused-ring (bicyclic) bond motifs is 1. The number of rotatable bonds is 3. The van der Waals surface area contributed by atoms with Crippen molar-refractivity contribution in [2.45, 2.75) is 6.42 Å². The van der Waals surface area contributed by atoms with Crippen molar-refractivity contribution in [2.24, 2.45) is 5.73 Å². The van der Waals surface area contributed by atoms with Crippen molar-refractivity contribution in [1.29, 1.82) is 0 Å². The van der Waals surface area contributed by atoms with E-state index >= 15 is 0 Å². The maximum Gasteiger partial charge on any atom is 0.137 e. The summed E-state index contributed by atoms with van der Waals surface area (Å²) in [5.74, 6) is -0.238. The van der Waals surface area contributed by atoms with Gasteiger partial charge in [0.05, 0.1) is 11.4 Å². The van der Waals surface area contributed by atoms with Gasteiger partial charge in [-0.25, -0.2) is 9.37 Å². The van der Waals surface area contributed by atoms with E-state index in [2.05, 4.69) is 4.98 Å². The molecule has 4 heteroatoms. The lowest BCUT2D eigenvalue weighted by atomic mass is 10.1. The fourth-order valence-electron chi connectivity index (χ4n) is 2.27. The van der Waals surface area contributed by atoms with E-state index in [9.17, 15) is 4.39 Å². The second-order valence-corrected chi connectivity index (χ2v) is 4.38. The third kappa shape index (κ3) is 2.11. The van der Waals surface area contributed by atoms with Crippen LogP contribution in [0.3, 0.4) is 0 Å². The quantitative estimate of drug-likeness (QED) is 0.781. The molecule has 2 N–H and O–H groups in total. The Morgan fingerprint density at radius 1 is 1.11 bits per heavy atom. The zero-order chi connectivity index (χ0) is 13.2. The van der Waals surface area contributed by atoms with Gasteiger partial charge in [-0.3, -0.25) is 4.40 Å². The number of aromatic nitrogens is 2. The molecular formula is C15H14FN3. The number of imidazole rings is 1. The molecule has 3 aromatic rings. The van der Waals surface area contributed by atoms with Crippen LogP contribution in [0.4, 0.5) is 4.39 Å². The van der Waals surface area contributed by atoms with E-state index in [1.165, 1.54) is 12.1 Å². The second kappa shape index (κ2) is 4.82. The molecule has 0 aliphatic rings. The summed E-state index contributed by atoms with van der Waals surface area (Å²) >= 11 is 0. The van der Waals surface area contributed by atoms with Crippen LogP contribution in [0.15, 0.2) is 48.7 Å². The van der Waals surface area contributed by atoms with Crippen LogP contribution < -0.4 is 5.73 Å². The van der Waals surface area contributed by atoms with Crippen LogP contribution in [0.25, 0.3) is 16.9 Å². The molecule has 1 aromatic carbocycles. The van der Waals surface area contributed by atoms with E-state index in [1.54, 1.807) is 12.1 Å². The third-order valence-corrected chi connectivity index (χ3v) is 3.10. The van der Waals surface area contributed by atoms with Crippen LogP contribution in [0.5, 0.6) is 0 Å². The number of pyridine rings is 1. The van der Waals surface area contributed by atoms with Crippen molar-refractivity contribution in [3.8, 4) is 11.3 Å². The van der Waals surface area contributed by atoms with Gasteiger partial charge < -0.3 is 5.73 Å².